The molecule has 1 amide bonds. The predicted octanol–water partition coefficient (Wildman–Crippen LogP) is 3.26. The minimum Gasteiger partial charge on any atom is -0.347 e. The third kappa shape index (κ3) is 4.16. The van der Waals surface area contributed by atoms with Crippen LogP contribution in [-0.4, -0.2) is 22.4 Å². The molecule has 0 saturated carbocycles. The summed E-state index contributed by atoms with van der Waals surface area (Å²) in [5.41, 5.74) is 3.77. The van der Waals surface area contributed by atoms with E-state index in [9.17, 15) is 4.79 Å². The third-order valence-electron chi connectivity index (χ3n) is 3.53. The summed E-state index contributed by atoms with van der Waals surface area (Å²) in [6.07, 6.45) is 5.03. The molecule has 1 heterocycles. The predicted molar refractivity (Wildman–Crippen MR) is 93.0 cm³/mol. The molecule has 0 spiro atoms. The lowest BCUT2D eigenvalue weighted by molar-refractivity contribution is 0.0953. The van der Waals surface area contributed by atoms with Gasteiger partial charge in [-0.15, -0.1) is 6.58 Å². The number of carbonyl (C=O) groups is 1. The quantitative estimate of drug-likeness (QED) is 0.770. The Hall–Kier alpha value is -2.69. The lowest BCUT2D eigenvalue weighted by Crippen LogP contribution is -2.24. The van der Waals surface area contributed by atoms with Crippen LogP contribution in [0.1, 0.15) is 35.5 Å². The molecule has 0 aliphatic carbocycles. The lowest BCUT2D eigenvalue weighted by atomic mass is 10.0. The van der Waals surface area contributed by atoms with Crippen LogP contribution in [0.2, 0.25) is 0 Å². The number of nitrogens with one attached hydrogen (secondary N) is 2. The van der Waals surface area contributed by atoms with E-state index in [0.717, 1.165) is 18.5 Å². The Bertz CT molecular complexity index is 675. The molecule has 0 aliphatic rings. The van der Waals surface area contributed by atoms with Crippen molar-refractivity contribution in [2.45, 2.75) is 26.7 Å². The van der Waals surface area contributed by atoms with Crippen LogP contribution in [0.3, 0.4) is 0 Å². The molecule has 0 saturated heterocycles. The van der Waals surface area contributed by atoms with Crippen LogP contribution in [0.25, 0.3) is 0 Å². The van der Waals surface area contributed by atoms with Crippen molar-refractivity contribution in [2.75, 3.05) is 11.9 Å². The number of amides is 1. The van der Waals surface area contributed by atoms with Gasteiger partial charge in [-0.3, -0.25) is 4.79 Å². The SMILES string of the molecule is C=CCNC(=O)c1ccnc(Nc2c(CC)cccc2CC)n1. The van der Waals surface area contributed by atoms with E-state index in [1.807, 2.05) is 0 Å². The van der Waals surface area contributed by atoms with Gasteiger partial charge in [0, 0.05) is 18.4 Å². The number of aryl methyl sites for hydroxylation is 2. The Labute approximate surface area is 136 Å². The Morgan fingerprint density at radius 2 is 1.91 bits per heavy atom. The van der Waals surface area contributed by atoms with Gasteiger partial charge in [-0.25, -0.2) is 9.97 Å². The van der Waals surface area contributed by atoms with Crippen LogP contribution < -0.4 is 10.6 Å². The Morgan fingerprint density at radius 3 is 2.52 bits per heavy atom. The van der Waals surface area contributed by atoms with Crippen molar-refractivity contribution in [3.8, 4) is 0 Å². The van der Waals surface area contributed by atoms with Crippen molar-refractivity contribution in [1.82, 2.24) is 15.3 Å². The van der Waals surface area contributed by atoms with Gasteiger partial charge >= 0.3 is 0 Å². The average Bonchev–Trinajstić information content (AvgIpc) is 2.60. The second-order valence-electron chi connectivity index (χ2n) is 5.05. The molecular weight excluding hydrogens is 288 g/mol. The van der Waals surface area contributed by atoms with Crippen molar-refractivity contribution < 1.29 is 4.79 Å². The topological polar surface area (TPSA) is 66.9 Å². The summed E-state index contributed by atoms with van der Waals surface area (Å²) in [4.78, 5) is 20.5. The number of hydrogen-bond donors (Lipinski definition) is 2. The van der Waals surface area contributed by atoms with Crippen LogP contribution in [0, 0.1) is 0 Å². The van der Waals surface area contributed by atoms with E-state index >= 15 is 0 Å². The molecule has 0 fully saturated rings. The number of aromatic nitrogens is 2. The zero-order valence-electron chi connectivity index (χ0n) is 13.6. The molecule has 5 nitrogen and oxygen atoms in total. The summed E-state index contributed by atoms with van der Waals surface area (Å²) in [6, 6.07) is 7.82. The highest BCUT2D eigenvalue weighted by molar-refractivity contribution is 5.92. The highest BCUT2D eigenvalue weighted by Gasteiger charge is 2.11. The number of nitrogens with zero attached hydrogens (tertiary/aromatic N) is 2. The maximum atomic E-state index is 12.0. The number of benzene rings is 1. The van der Waals surface area contributed by atoms with E-state index in [4.69, 9.17) is 0 Å². The summed E-state index contributed by atoms with van der Waals surface area (Å²) in [6.45, 7) is 8.21. The molecule has 2 aromatic rings. The van der Waals surface area contributed by atoms with Gasteiger partial charge in [-0.2, -0.15) is 0 Å². The van der Waals surface area contributed by atoms with Gasteiger partial charge in [0.15, 0.2) is 0 Å². The molecule has 2 N–H and O–H groups in total. The molecule has 23 heavy (non-hydrogen) atoms. The van der Waals surface area contributed by atoms with E-state index in [2.05, 4.69) is 59.2 Å². The first-order valence-electron chi connectivity index (χ1n) is 7.79. The summed E-state index contributed by atoms with van der Waals surface area (Å²) in [5, 5.41) is 5.98. The van der Waals surface area contributed by atoms with Crippen LogP contribution in [0.5, 0.6) is 0 Å². The molecule has 1 aromatic heterocycles. The van der Waals surface area contributed by atoms with Crippen molar-refractivity contribution in [1.29, 1.82) is 0 Å². The molecule has 0 radical (unpaired) electrons. The van der Waals surface area contributed by atoms with E-state index in [0.29, 0.717) is 18.2 Å². The van der Waals surface area contributed by atoms with E-state index in [-0.39, 0.29) is 5.91 Å². The Morgan fingerprint density at radius 1 is 1.22 bits per heavy atom. The van der Waals surface area contributed by atoms with Gasteiger partial charge in [0.05, 0.1) is 0 Å². The molecule has 0 aliphatic heterocycles. The first-order chi connectivity index (χ1) is 11.2. The fraction of sp³-hybridized carbons (Fsp3) is 0.278. The first-order valence-corrected chi connectivity index (χ1v) is 7.79. The molecule has 120 valence electrons. The summed E-state index contributed by atoms with van der Waals surface area (Å²) < 4.78 is 0. The van der Waals surface area contributed by atoms with Crippen molar-refractivity contribution in [3.63, 3.8) is 0 Å². The van der Waals surface area contributed by atoms with Gasteiger partial charge in [0.2, 0.25) is 5.95 Å². The second-order valence-corrected chi connectivity index (χ2v) is 5.05. The van der Waals surface area contributed by atoms with Gasteiger partial charge in [-0.1, -0.05) is 38.1 Å². The molecule has 0 unspecified atom stereocenters. The number of rotatable bonds is 7. The summed E-state index contributed by atoms with van der Waals surface area (Å²) in [7, 11) is 0. The Kier molecular flexibility index (Phi) is 5.86. The van der Waals surface area contributed by atoms with Gasteiger partial charge in [0.25, 0.3) is 5.91 Å². The maximum Gasteiger partial charge on any atom is 0.270 e. The number of hydrogen-bond acceptors (Lipinski definition) is 4. The minimum absolute atomic E-state index is 0.241. The van der Waals surface area contributed by atoms with E-state index < -0.39 is 0 Å². The van der Waals surface area contributed by atoms with Crippen LogP contribution in [-0.2, 0) is 12.8 Å². The van der Waals surface area contributed by atoms with Gasteiger partial charge < -0.3 is 10.6 Å². The molecule has 0 bridgehead atoms. The van der Waals surface area contributed by atoms with Crippen LogP contribution in [0.4, 0.5) is 11.6 Å². The maximum absolute atomic E-state index is 12.0. The largest absolute Gasteiger partial charge is 0.347 e. The van der Waals surface area contributed by atoms with Crippen molar-refractivity contribution in [2.24, 2.45) is 0 Å². The van der Waals surface area contributed by atoms with Crippen LogP contribution in [0.15, 0.2) is 43.1 Å². The fourth-order valence-corrected chi connectivity index (χ4v) is 2.32. The van der Waals surface area contributed by atoms with Crippen LogP contribution >= 0.6 is 0 Å². The summed E-state index contributed by atoms with van der Waals surface area (Å²) >= 11 is 0. The molecule has 2 rings (SSSR count). The molecule has 5 heteroatoms. The minimum atomic E-state index is -0.241. The zero-order valence-corrected chi connectivity index (χ0v) is 13.6. The highest BCUT2D eigenvalue weighted by Crippen LogP contribution is 2.25. The van der Waals surface area contributed by atoms with Crippen molar-refractivity contribution in [3.05, 3.63) is 59.9 Å². The number of anilines is 2. The standard InChI is InChI=1S/C18H22N4O/c1-4-11-19-17(23)15-10-12-20-18(21-15)22-16-13(5-2)8-7-9-14(16)6-3/h4,7-10,12H,1,5-6,11H2,2-3H3,(H,19,23)(H,20,21,22). The van der Waals surface area contributed by atoms with E-state index in [1.165, 1.54) is 11.1 Å². The lowest BCUT2D eigenvalue weighted by Gasteiger charge is -2.14. The number of para-hydroxylation sites is 1. The fourth-order valence-electron chi connectivity index (χ4n) is 2.32. The third-order valence-corrected chi connectivity index (χ3v) is 3.53. The number of carbonyl (C=O) groups excluding carboxylic acids is 1. The average molecular weight is 310 g/mol. The summed E-state index contributed by atoms with van der Waals surface area (Å²) in [5.74, 6) is 0.182. The molecular formula is C18H22N4O. The smallest absolute Gasteiger partial charge is 0.270 e. The van der Waals surface area contributed by atoms with Gasteiger partial charge in [0.1, 0.15) is 5.69 Å². The molecule has 1 aromatic carbocycles. The molecule has 0 atom stereocenters. The normalized spacial score (nSPS) is 10.2. The van der Waals surface area contributed by atoms with Gasteiger partial charge in [-0.05, 0) is 30.0 Å². The first kappa shape index (κ1) is 16.7. The monoisotopic (exact) mass is 310 g/mol. The second kappa shape index (κ2) is 8.08. The highest BCUT2D eigenvalue weighted by atomic mass is 16.1. The van der Waals surface area contributed by atoms with E-state index in [1.54, 1.807) is 18.3 Å². The zero-order chi connectivity index (χ0) is 16.7. The Balaban J connectivity index is 2.27. The van der Waals surface area contributed by atoms with Crippen molar-refractivity contribution >= 4 is 17.5 Å².